The molecule has 3 aromatic rings. The highest BCUT2D eigenvalue weighted by atomic mass is 16.2. The summed E-state index contributed by atoms with van der Waals surface area (Å²) in [7, 11) is 0. The lowest BCUT2D eigenvalue weighted by molar-refractivity contribution is 0.188. The molecule has 0 bridgehead atoms. The van der Waals surface area contributed by atoms with E-state index in [1.807, 2.05) is 53.4 Å². The van der Waals surface area contributed by atoms with Crippen LogP contribution in [0.3, 0.4) is 0 Å². The number of aryl methyl sites for hydroxylation is 1. The minimum atomic E-state index is -0.0596. The van der Waals surface area contributed by atoms with Crippen LogP contribution in [0, 0.1) is 0 Å². The third-order valence-corrected chi connectivity index (χ3v) is 5.41. The molecule has 4 rings (SSSR count). The van der Waals surface area contributed by atoms with Crippen molar-refractivity contribution in [3.63, 3.8) is 0 Å². The molecule has 0 saturated heterocycles. The summed E-state index contributed by atoms with van der Waals surface area (Å²) < 4.78 is 0. The van der Waals surface area contributed by atoms with Crippen LogP contribution in [0.4, 0.5) is 10.5 Å². The van der Waals surface area contributed by atoms with E-state index in [1.54, 1.807) is 0 Å². The monoisotopic (exact) mass is 382 g/mol. The molecule has 1 aliphatic carbocycles. The Morgan fingerprint density at radius 2 is 1.62 bits per heavy atom. The standard InChI is InChI=1S/C26H26N2O/c29-26(27-23-16-5-2-6-17-23)28(20-10-13-21-11-3-1-4-12-21)25-19-9-15-22-14-7-8-18-24(22)25/h1-8,10-14,16-18,25H,9,15,19-20H2,(H,27,29)/b13-10+/t25-/m1/s1. The van der Waals surface area contributed by atoms with Crippen LogP contribution in [-0.4, -0.2) is 17.5 Å². The third kappa shape index (κ3) is 4.75. The number of hydrogen-bond donors (Lipinski definition) is 1. The van der Waals surface area contributed by atoms with E-state index >= 15 is 0 Å². The number of para-hydroxylation sites is 1. The van der Waals surface area contributed by atoms with Gasteiger partial charge in [0.2, 0.25) is 0 Å². The van der Waals surface area contributed by atoms with E-state index in [0.29, 0.717) is 6.54 Å². The first-order valence-electron chi connectivity index (χ1n) is 10.2. The van der Waals surface area contributed by atoms with Gasteiger partial charge in [-0.1, -0.05) is 84.9 Å². The van der Waals surface area contributed by atoms with Gasteiger partial charge >= 0.3 is 6.03 Å². The zero-order chi connectivity index (χ0) is 19.9. The summed E-state index contributed by atoms with van der Waals surface area (Å²) >= 11 is 0. The molecule has 2 amide bonds. The maximum absolute atomic E-state index is 13.2. The van der Waals surface area contributed by atoms with Gasteiger partial charge in [-0.15, -0.1) is 0 Å². The summed E-state index contributed by atoms with van der Waals surface area (Å²) in [5.41, 5.74) is 4.59. The van der Waals surface area contributed by atoms with Crippen molar-refractivity contribution in [2.75, 3.05) is 11.9 Å². The van der Waals surface area contributed by atoms with E-state index in [1.165, 1.54) is 11.1 Å². The van der Waals surface area contributed by atoms with Crippen molar-refractivity contribution >= 4 is 17.8 Å². The van der Waals surface area contributed by atoms with Crippen molar-refractivity contribution in [2.24, 2.45) is 0 Å². The molecule has 3 nitrogen and oxygen atoms in total. The molecule has 0 radical (unpaired) electrons. The predicted molar refractivity (Wildman–Crippen MR) is 120 cm³/mol. The summed E-state index contributed by atoms with van der Waals surface area (Å²) in [4.78, 5) is 15.2. The smallest absolute Gasteiger partial charge is 0.314 e. The van der Waals surface area contributed by atoms with Crippen LogP contribution in [0.5, 0.6) is 0 Å². The van der Waals surface area contributed by atoms with Crippen molar-refractivity contribution in [1.29, 1.82) is 0 Å². The summed E-state index contributed by atoms with van der Waals surface area (Å²) in [6, 6.07) is 28.4. The number of nitrogens with zero attached hydrogens (tertiary/aromatic N) is 1. The van der Waals surface area contributed by atoms with Crippen molar-refractivity contribution in [1.82, 2.24) is 4.90 Å². The van der Waals surface area contributed by atoms with Crippen LogP contribution in [0.2, 0.25) is 0 Å². The maximum Gasteiger partial charge on any atom is 0.322 e. The van der Waals surface area contributed by atoms with E-state index < -0.39 is 0 Å². The fourth-order valence-corrected chi connectivity index (χ4v) is 3.99. The second kappa shape index (κ2) is 9.24. The average Bonchev–Trinajstić information content (AvgIpc) is 2.78. The number of hydrogen-bond acceptors (Lipinski definition) is 1. The van der Waals surface area contributed by atoms with Crippen LogP contribution in [0.25, 0.3) is 6.08 Å². The summed E-state index contributed by atoms with van der Waals surface area (Å²) in [5.74, 6) is 0. The molecule has 1 N–H and O–H groups in total. The van der Waals surface area contributed by atoms with Gasteiger partial charge in [-0.05, 0) is 48.1 Å². The van der Waals surface area contributed by atoms with E-state index in [2.05, 4.69) is 53.9 Å². The van der Waals surface area contributed by atoms with Crippen LogP contribution in [0.1, 0.15) is 35.6 Å². The van der Waals surface area contributed by atoms with Gasteiger partial charge in [-0.25, -0.2) is 4.79 Å². The Hall–Kier alpha value is -3.33. The number of fused-ring (bicyclic) bond motifs is 1. The molecule has 146 valence electrons. The Bertz CT molecular complexity index is 966. The maximum atomic E-state index is 13.2. The number of carbonyl (C=O) groups excluding carboxylic acids is 1. The highest BCUT2D eigenvalue weighted by Crippen LogP contribution is 2.34. The van der Waals surface area contributed by atoms with E-state index in [-0.39, 0.29) is 12.1 Å². The molecule has 3 heteroatoms. The number of anilines is 1. The van der Waals surface area contributed by atoms with E-state index in [4.69, 9.17) is 0 Å². The Kier molecular flexibility index (Phi) is 6.06. The second-order valence-corrected chi connectivity index (χ2v) is 7.37. The molecule has 0 aromatic heterocycles. The average molecular weight is 383 g/mol. The molecular formula is C26H26N2O. The summed E-state index contributed by atoms with van der Waals surface area (Å²) in [6.45, 7) is 0.562. The Balaban J connectivity index is 1.58. The normalized spacial score (nSPS) is 15.7. The molecule has 0 spiro atoms. The zero-order valence-corrected chi connectivity index (χ0v) is 16.5. The second-order valence-electron chi connectivity index (χ2n) is 7.37. The molecule has 0 unspecified atom stereocenters. The summed E-state index contributed by atoms with van der Waals surface area (Å²) in [6.07, 6.45) is 7.33. The van der Waals surface area contributed by atoms with Gasteiger partial charge in [-0.3, -0.25) is 0 Å². The van der Waals surface area contributed by atoms with Crippen LogP contribution >= 0.6 is 0 Å². The number of amides is 2. The molecule has 29 heavy (non-hydrogen) atoms. The molecule has 1 aliphatic rings. The van der Waals surface area contributed by atoms with Crippen molar-refractivity contribution in [2.45, 2.75) is 25.3 Å². The molecule has 0 saturated carbocycles. The van der Waals surface area contributed by atoms with Crippen molar-refractivity contribution < 1.29 is 4.79 Å². The third-order valence-electron chi connectivity index (χ3n) is 5.41. The van der Waals surface area contributed by atoms with Crippen molar-refractivity contribution in [3.05, 3.63) is 108 Å². The van der Waals surface area contributed by atoms with Gasteiger partial charge in [0.1, 0.15) is 0 Å². The number of urea groups is 1. The first-order valence-corrected chi connectivity index (χ1v) is 10.2. The first kappa shape index (κ1) is 19.0. The largest absolute Gasteiger partial charge is 0.322 e. The number of nitrogens with one attached hydrogen (secondary N) is 1. The van der Waals surface area contributed by atoms with E-state index in [9.17, 15) is 4.79 Å². The van der Waals surface area contributed by atoms with Gasteiger partial charge in [0.25, 0.3) is 0 Å². The predicted octanol–water partition coefficient (Wildman–Crippen LogP) is 6.31. The van der Waals surface area contributed by atoms with Crippen molar-refractivity contribution in [3.8, 4) is 0 Å². The molecule has 3 aromatic carbocycles. The van der Waals surface area contributed by atoms with E-state index in [0.717, 1.165) is 30.5 Å². The Morgan fingerprint density at radius 1 is 0.931 bits per heavy atom. The van der Waals surface area contributed by atoms with Gasteiger partial charge < -0.3 is 10.2 Å². The fourth-order valence-electron chi connectivity index (χ4n) is 3.99. The number of rotatable bonds is 5. The highest BCUT2D eigenvalue weighted by Gasteiger charge is 2.28. The first-order chi connectivity index (χ1) is 14.3. The molecule has 0 heterocycles. The number of carbonyl (C=O) groups is 1. The lowest BCUT2D eigenvalue weighted by atomic mass is 9.87. The zero-order valence-electron chi connectivity index (χ0n) is 16.5. The van der Waals surface area contributed by atoms with Gasteiger partial charge in [0.05, 0.1) is 6.04 Å². The lowest BCUT2D eigenvalue weighted by Crippen LogP contribution is -2.39. The minimum absolute atomic E-state index is 0.0596. The Labute approximate surface area is 172 Å². The molecule has 0 aliphatic heterocycles. The topological polar surface area (TPSA) is 32.3 Å². The molecule has 0 fully saturated rings. The van der Waals surface area contributed by atoms with Crippen LogP contribution in [0.15, 0.2) is 91.0 Å². The minimum Gasteiger partial charge on any atom is -0.314 e. The van der Waals surface area contributed by atoms with Crippen LogP contribution in [-0.2, 0) is 6.42 Å². The fraction of sp³-hybridized carbons (Fsp3) is 0.192. The van der Waals surface area contributed by atoms with Gasteiger partial charge in [-0.2, -0.15) is 0 Å². The Morgan fingerprint density at radius 3 is 2.41 bits per heavy atom. The highest BCUT2D eigenvalue weighted by molar-refractivity contribution is 5.89. The lowest BCUT2D eigenvalue weighted by Gasteiger charge is -2.35. The SMILES string of the molecule is O=C(Nc1ccccc1)N(C/C=C/c1ccccc1)[C@@H]1CCCc2ccccc21. The van der Waals surface area contributed by atoms with Crippen LogP contribution < -0.4 is 5.32 Å². The van der Waals surface area contributed by atoms with Gasteiger partial charge in [0.15, 0.2) is 0 Å². The van der Waals surface area contributed by atoms with Gasteiger partial charge in [0, 0.05) is 12.2 Å². The quantitative estimate of drug-likeness (QED) is 0.551. The molecular weight excluding hydrogens is 356 g/mol. The summed E-state index contributed by atoms with van der Waals surface area (Å²) in [5, 5.41) is 3.07. The number of benzene rings is 3. The molecule has 1 atom stereocenters.